The first-order valence-corrected chi connectivity index (χ1v) is 11.2. The van der Waals surface area contributed by atoms with Crippen LogP contribution in [0.3, 0.4) is 0 Å². The molecule has 8 heteroatoms. The number of nitrogens with two attached hydrogens (primary N) is 1. The van der Waals surface area contributed by atoms with Crippen molar-refractivity contribution >= 4 is 35.7 Å². The summed E-state index contributed by atoms with van der Waals surface area (Å²) in [6.45, 7) is 0. The zero-order chi connectivity index (χ0) is 19.6. The lowest BCUT2D eigenvalue weighted by atomic mass is 9.94. The minimum absolute atomic E-state index is 0.148. The van der Waals surface area contributed by atoms with Gasteiger partial charge < -0.3 is 15.4 Å². The maximum absolute atomic E-state index is 13.2. The van der Waals surface area contributed by atoms with Crippen molar-refractivity contribution in [3.63, 3.8) is 0 Å². The molecular formula is C19H26N2O4S2. The number of hydrogen-bond donors (Lipinski definition) is 3. The van der Waals surface area contributed by atoms with E-state index in [4.69, 9.17) is 5.73 Å². The highest BCUT2D eigenvalue weighted by Crippen LogP contribution is 2.38. The van der Waals surface area contributed by atoms with Gasteiger partial charge in [0.05, 0.1) is 6.04 Å². The van der Waals surface area contributed by atoms with E-state index in [1.807, 2.05) is 18.2 Å². The van der Waals surface area contributed by atoms with E-state index in [-0.39, 0.29) is 17.6 Å². The van der Waals surface area contributed by atoms with Gasteiger partial charge in [-0.1, -0.05) is 30.3 Å². The molecule has 3 N–H and O–H groups in total. The zero-order valence-electron chi connectivity index (χ0n) is 15.1. The number of thiol groups is 1. The minimum Gasteiger partial charge on any atom is -0.614 e. The van der Waals surface area contributed by atoms with E-state index in [1.165, 1.54) is 10.5 Å². The van der Waals surface area contributed by atoms with Gasteiger partial charge in [0.2, 0.25) is 11.3 Å². The van der Waals surface area contributed by atoms with Gasteiger partial charge in [-0.05, 0) is 48.8 Å². The van der Waals surface area contributed by atoms with Crippen LogP contribution in [-0.4, -0.2) is 54.9 Å². The lowest BCUT2D eigenvalue weighted by Crippen LogP contribution is -2.53. The summed E-state index contributed by atoms with van der Waals surface area (Å²) in [5.41, 5.74) is 7.45. The molecule has 0 bridgehead atoms. The molecule has 0 aromatic heterocycles. The van der Waals surface area contributed by atoms with Crippen LogP contribution in [0.2, 0.25) is 0 Å². The molecule has 0 aliphatic carbocycles. The molecule has 2 saturated heterocycles. The molecule has 2 aliphatic heterocycles. The van der Waals surface area contributed by atoms with E-state index >= 15 is 0 Å². The molecule has 1 aromatic carbocycles. The van der Waals surface area contributed by atoms with Crippen LogP contribution in [0.5, 0.6) is 0 Å². The number of carboxylic acids is 1. The Morgan fingerprint density at radius 3 is 2.67 bits per heavy atom. The summed E-state index contributed by atoms with van der Waals surface area (Å²) in [7, 11) is 0. The number of hydrogen-bond acceptors (Lipinski definition) is 5. The molecule has 2 fully saturated rings. The number of rotatable bonds is 6. The zero-order valence-corrected chi connectivity index (χ0v) is 16.8. The molecule has 27 heavy (non-hydrogen) atoms. The van der Waals surface area contributed by atoms with Crippen LogP contribution >= 0.6 is 12.6 Å². The number of carboxylic acid groups (broad SMARTS) is 1. The lowest BCUT2D eigenvalue weighted by Gasteiger charge is -2.27. The fourth-order valence-electron chi connectivity index (χ4n) is 4.18. The molecule has 2 aliphatic rings. The summed E-state index contributed by atoms with van der Waals surface area (Å²) in [6, 6.07) is 8.48. The van der Waals surface area contributed by atoms with Gasteiger partial charge in [-0.3, -0.25) is 9.69 Å². The van der Waals surface area contributed by atoms with Crippen molar-refractivity contribution in [2.45, 2.75) is 54.8 Å². The van der Waals surface area contributed by atoms with Crippen molar-refractivity contribution in [3.8, 4) is 0 Å². The van der Waals surface area contributed by atoms with Gasteiger partial charge >= 0.3 is 5.97 Å². The van der Waals surface area contributed by atoms with Gasteiger partial charge in [0, 0.05) is 11.7 Å². The molecule has 6 nitrogen and oxygen atoms in total. The average molecular weight is 411 g/mol. The topological polar surface area (TPSA) is 107 Å². The first-order chi connectivity index (χ1) is 13.0. The van der Waals surface area contributed by atoms with Crippen LogP contribution < -0.4 is 5.73 Å². The van der Waals surface area contributed by atoms with Crippen molar-refractivity contribution < 1.29 is 19.2 Å². The normalized spacial score (nSPS) is 33.6. The number of nitrogens with zero attached hydrogens (tertiary/aromatic N) is 1. The first kappa shape index (κ1) is 20.5. The van der Waals surface area contributed by atoms with Gasteiger partial charge in [0.15, 0.2) is 11.3 Å². The van der Waals surface area contributed by atoms with Crippen LogP contribution in [0.4, 0.5) is 0 Å². The maximum Gasteiger partial charge on any atom is 0.331 e. The van der Waals surface area contributed by atoms with Gasteiger partial charge in [0.1, 0.15) is 0 Å². The number of fused-ring (bicyclic) bond motifs is 1. The Morgan fingerprint density at radius 1 is 1.33 bits per heavy atom. The standard InChI is InChI=1S/C19H26N2O4S2/c20-14-10-9-13(8-4-7-12-5-2-1-3-6-12)17(22)21-16(19(23)24)15(11-26)27(25)18(14)21/h1-3,5-6,13-16,18,26H,4,7-11,20H2,(H,23,24). The predicted octanol–water partition coefficient (Wildman–Crippen LogP) is 1.42. The number of aryl methyl sites for hydroxylation is 1. The number of aliphatic carboxylic acids is 1. The van der Waals surface area contributed by atoms with Crippen LogP contribution in [0.15, 0.2) is 30.3 Å². The van der Waals surface area contributed by atoms with Crippen LogP contribution in [0, 0.1) is 5.92 Å². The molecule has 0 radical (unpaired) electrons. The largest absolute Gasteiger partial charge is 0.614 e. The summed E-state index contributed by atoms with van der Waals surface area (Å²) in [5.74, 6) is -1.47. The molecule has 6 unspecified atom stereocenters. The van der Waals surface area contributed by atoms with Gasteiger partial charge in [-0.25, -0.2) is 4.79 Å². The van der Waals surface area contributed by atoms with E-state index in [1.54, 1.807) is 0 Å². The Labute approximate surface area is 168 Å². The SMILES string of the molecule is NC1CCC(CCCc2ccccc2)C(=O)N2C(C(=O)O)C(CS)[S+]([O-])C12. The third kappa shape index (κ3) is 4.13. The Balaban J connectivity index is 1.75. The van der Waals surface area contributed by atoms with Gasteiger partial charge in [-0.15, -0.1) is 0 Å². The molecule has 3 rings (SSSR count). The van der Waals surface area contributed by atoms with E-state index in [2.05, 4.69) is 24.8 Å². The smallest absolute Gasteiger partial charge is 0.331 e. The summed E-state index contributed by atoms with van der Waals surface area (Å²) in [5, 5.41) is 8.26. The monoisotopic (exact) mass is 410 g/mol. The summed E-state index contributed by atoms with van der Waals surface area (Å²) in [6.07, 6.45) is 3.56. The first-order valence-electron chi connectivity index (χ1n) is 9.30. The highest BCUT2D eigenvalue weighted by atomic mass is 32.2. The van der Waals surface area contributed by atoms with Crippen molar-refractivity contribution in [1.29, 1.82) is 0 Å². The Bertz CT molecular complexity index is 675. The Morgan fingerprint density at radius 2 is 2.04 bits per heavy atom. The third-order valence-corrected chi connectivity index (χ3v) is 8.29. The Kier molecular flexibility index (Phi) is 6.73. The molecule has 6 atom stereocenters. The second kappa shape index (κ2) is 8.86. The fourth-order valence-corrected chi connectivity index (χ4v) is 6.77. The minimum atomic E-state index is -1.52. The third-order valence-electron chi connectivity index (χ3n) is 5.57. The number of carbonyl (C=O) groups excluding carboxylic acids is 1. The molecule has 0 saturated carbocycles. The molecule has 0 spiro atoms. The number of carbonyl (C=O) groups is 2. The van der Waals surface area contributed by atoms with Crippen molar-refractivity contribution in [2.75, 3.05) is 5.75 Å². The summed E-state index contributed by atoms with van der Waals surface area (Å²) in [4.78, 5) is 26.3. The highest BCUT2D eigenvalue weighted by molar-refractivity contribution is 7.94. The maximum atomic E-state index is 13.2. The molecular weight excluding hydrogens is 384 g/mol. The van der Waals surface area contributed by atoms with Gasteiger partial charge in [-0.2, -0.15) is 12.6 Å². The molecule has 148 valence electrons. The van der Waals surface area contributed by atoms with Crippen molar-refractivity contribution in [3.05, 3.63) is 35.9 Å². The van der Waals surface area contributed by atoms with E-state index in [9.17, 15) is 19.2 Å². The van der Waals surface area contributed by atoms with E-state index in [0.29, 0.717) is 19.3 Å². The van der Waals surface area contributed by atoms with E-state index in [0.717, 1.165) is 12.8 Å². The Hall–Kier alpha value is -1.22. The highest BCUT2D eigenvalue weighted by Gasteiger charge is 2.60. The molecule has 2 heterocycles. The quantitative estimate of drug-likeness (QED) is 0.486. The summed E-state index contributed by atoms with van der Waals surface area (Å²) >= 11 is 2.66. The number of benzene rings is 1. The second-order valence-electron chi connectivity index (χ2n) is 7.28. The number of amides is 1. The second-order valence-corrected chi connectivity index (χ2v) is 9.40. The van der Waals surface area contributed by atoms with E-state index < -0.39 is 39.9 Å². The van der Waals surface area contributed by atoms with Crippen LogP contribution in [0.1, 0.15) is 31.2 Å². The van der Waals surface area contributed by atoms with Crippen molar-refractivity contribution in [1.82, 2.24) is 4.90 Å². The molecule has 1 aromatic rings. The van der Waals surface area contributed by atoms with Crippen molar-refractivity contribution in [2.24, 2.45) is 11.7 Å². The average Bonchev–Trinajstić information content (AvgIpc) is 2.90. The van der Waals surface area contributed by atoms with Crippen LogP contribution in [0.25, 0.3) is 0 Å². The van der Waals surface area contributed by atoms with Gasteiger partial charge in [0.25, 0.3) is 0 Å². The van der Waals surface area contributed by atoms with Crippen LogP contribution in [-0.2, 0) is 27.2 Å². The fraction of sp³-hybridized carbons (Fsp3) is 0.579. The predicted molar refractivity (Wildman–Crippen MR) is 108 cm³/mol. The summed E-state index contributed by atoms with van der Waals surface area (Å²) < 4.78 is 12.8. The molecule has 1 amide bonds. The lowest BCUT2D eigenvalue weighted by molar-refractivity contribution is -0.151.